The summed E-state index contributed by atoms with van der Waals surface area (Å²) in [7, 11) is 3.26. The molecule has 138 valence electrons. The second-order valence-corrected chi connectivity index (χ2v) is 9.07. The van der Waals surface area contributed by atoms with Gasteiger partial charge in [0.05, 0.1) is 20.1 Å². The summed E-state index contributed by atoms with van der Waals surface area (Å²) in [5.74, 6) is 1.29. The molecule has 0 aliphatic heterocycles. The first-order valence-corrected chi connectivity index (χ1v) is 9.47. The molecule has 1 saturated carbocycles. The van der Waals surface area contributed by atoms with E-state index < -0.39 is 0 Å². The number of methoxy groups -OCH3 is 2. The number of esters is 1. The highest BCUT2D eigenvalue weighted by Crippen LogP contribution is 2.64. The summed E-state index contributed by atoms with van der Waals surface area (Å²) in [4.78, 5) is 12.8. The molecule has 25 heavy (non-hydrogen) atoms. The molecule has 0 radical (unpaired) electrons. The molecule has 0 aromatic heterocycles. The van der Waals surface area contributed by atoms with Crippen LogP contribution in [0.3, 0.4) is 0 Å². The van der Waals surface area contributed by atoms with Crippen LogP contribution in [0.15, 0.2) is 12.1 Å². The number of hydrogen-bond acceptors (Lipinski definition) is 3. The van der Waals surface area contributed by atoms with E-state index in [0.29, 0.717) is 5.92 Å². The zero-order chi connectivity index (χ0) is 18.6. The number of carbonyl (C=O) groups is 1. The van der Waals surface area contributed by atoms with E-state index in [1.807, 2.05) is 0 Å². The van der Waals surface area contributed by atoms with Gasteiger partial charge < -0.3 is 9.47 Å². The van der Waals surface area contributed by atoms with Gasteiger partial charge >= 0.3 is 5.97 Å². The van der Waals surface area contributed by atoms with Crippen molar-refractivity contribution in [1.29, 1.82) is 0 Å². The van der Waals surface area contributed by atoms with Gasteiger partial charge in [0, 0.05) is 0 Å². The fraction of sp³-hybridized carbons (Fsp3) is 0.682. The van der Waals surface area contributed by atoms with Gasteiger partial charge in [-0.15, -0.1) is 0 Å². The molecule has 2 aliphatic rings. The molecule has 0 spiro atoms. The van der Waals surface area contributed by atoms with Crippen molar-refractivity contribution in [3.8, 4) is 5.75 Å². The minimum Gasteiger partial charge on any atom is -0.496 e. The zero-order valence-corrected chi connectivity index (χ0v) is 16.7. The van der Waals surface area contributed by atoms with Gasteiger partial charge in [-0.25, -0.2) is 0 Å². The molecule has 0 amide bonds. The maximum absolute atomic E-state index is 12.8. The Balaban J connectivity index is 2.28. The highest BCUT2D eigenvalue weighted by atomic mass is 16.5. The number of benzene rings is 1. The maximum Gasteiger partial charge on any atom is 0.313 e. The monoisotopic (exact) mass is 344 g/mol. The molecule has 1 aromatic rings. The molecule has 1 fully saturated rings. The van der Waals surface area contributed by atoms with Crippen LogP contribution in [-0.2, 0) is 14.9 Å². The molecule has 0 N–H and O–H groups in total. The van der Waals surface area contributed by atoms with Gasteiger partial charge in [-0.3, -0.25) is 4.79 Å². The van der Waals surface area contributed by atoms with Gasteiger partial charge in [0.1, 0.15) is 5.75 Å². The summed E-state index contributed by atoms with van der Waals surface area (Å²) in [6, 6.07) is 4.43. The van der Waals surface area contributed by atoms with Crippen molar-refractivity contribution in [1.82, 2.24) is 0 Å². The van der Waals surface area contributed by atoms with Crippen molar-refractivity contribution in [2.45, 2.75) is 71.1 Å². The Morgan fingerprint density at radius 1 is 1.16 bits per heavy atom. The SMILES string of the molecule is COC(=O)[C@@H]1c2cc(C(C)C)c(OC)cc2[C@@]2(C)CCCC(C)(C)[C@H]12. The van der Waals surface area contributed by atoms with Crippen LogP contribution < -0.4 is 4.74 Å². The molecule has 0 saturated heterocycles. The average Bonchev–Trinajstić information content (AvgIpc) is 2.82. The lowest BCUT2D eigenvalue weighted by atomic mass is 9.55. The molecule has 2 aliphatic carbocycles. The van der Waals surface area contributed by atoms with E-state index >= 15 is 0 Å². The largest absolute Gasteiger partial charge is 0.496 e. The quantitative estimate of drug-likeness (QED) is 0.709. The molecular weight excluding hydrogens is 312 g/mol. The first-order chi connectivity index (χ1) is 11.7. The van der Waals surface area contributed by atoms with Gasteiger partial charge in [-0.1, -0.05) is 47.1 Å². The Kier molecular flexibility index (Phi) is 4.41. The van der Waals surface area contributed by atoms with Crippen LogP contribution in [-0.4, -0.2) is 20.2 Å². The van der Waals surface area contributed by atoms with Gasteiger partial charge in [-0.05, 0) is 58.3 Å². The maximum atomic E-state index is 12.8. The lowest BCUT2D eigenvalue weighted by Gasteiger charge is -2.49. The van der Waals surface area contributed by atoms with E-state index in [1.165, 1.54) is 30.2 Å². The van der Waals surface area contributed by atoms with Crippen LogP contribution in [0.25, 0.3) is 0 Å². The Morgan fingerprint density at radius 3 is 2.40 bits per heavy atom. The fourth-order valence-corrected chi connectivity index (χ4v) is 5.77. The van der Waals surface area contributed by atoms with Gasteiger partial charge in [0.15, 0.2) is 0 Å². The van der Waals surface area contributed by atoms with Crippen LogP contribution in [0.5, 0.6) is 5.75 Å². The minimum atomic E-state index is -0.177. The smallest absolute Gasteiger partial charge is 0.313 e. The second-order valence-electron chi connectivity index (χ2n) is 9.07. The average molecular weight is 344 g/mol. The summed E-state index contributed by atoms with van der Waals surface area (Å²) in [6.07, 6.45) is 3.47. The molecular formula is C22H32O3. The van der Waals surface area contributed by atoms with Crippen molar-refractivity contribution >= 4 is 5.97 Å². The van der Waals surface area contributed by atoms with Crippen molar-refractivity contribution in [2.75, 3.05) is 14.2 Å². The lowest BCUT2D eigenvalue weighted by Crippen LogP contribution is -2.45. The summed E-state index contributed by atoms with van der Waals surface area (Å²) < 4.78 is 11.0. The van der Waals surface area contributed by atoms with Crippen LogP contribution in [0, 0.1) is 11.3 Å². The molecule has 3 nitrogen and oxygen atoms in total. The van der Waals surface area contributed by atoms with Crippen molar-refractivity contribution in [3.63, 3.8) is 0 Å². The lowest BCUT2D eigenvalue weighted by molar-refractivity contribution is -0.146. The molecule has 3 atom stereocenters. The number of rotatable bonds is 3. The normalized spacial score (nSPS) is 29.9. The van der Waals surface area contributed by atoms with Crippen LogP contribution in [0.1, 0.15) is 82.4 Å². The first-order valence-electron chi connectivity index (χ1n) is 9.47. The summed E-state index contributed by atoms with van der Waals surface area (Å²) in [5.41, 5.74) is 3.74. The molecule has 0 bridgehead atoms. The van der Waals surface area contributed by atoms with Crippen LogP contribution >= 0.6 is 0 Å². The zero-order valence-electron chi connectivity index (χ0n) is 16.7. The van der Waals surface area contributed by atoms with Crippen molar-refractivity contribution in [3.05, 3.63) is 28.8 Å². The Morgan fingerprint density at radius 2 is 1.84 bits per heavy atom. The van der Waals surface area contributed by atoms with Crippen molar-refractivity contribution < 1.29 is 14.3 Å². The number of fused-ring (bicyclic) bond motifs is 3. The highest BCUT2D eigenvalue weighted by molar-refractivity contribution is 5.82. The second kappa shape index (κ2) is 6.03. The molecule has 0 unspecified atom stereocenters. The predicted molar refractivity (Wildman–Crippen MR) is 100 cm³/mol. The molecule has 0 heterocycles. The van der Waals surface area contributed by atoms with E-state index in [4.69, 9.17) is 9.47 Å². The van der Waals surface area contributed by atoms with Crippen molar-refractivity contribution in [2.24, 2.45) is 11.3 Å². The van der Waals surface area contributed by atoms with E-state index in [2.05, 4.69) is 46.8 Å². The number of hydrogen-bond donors (Lipinski definition) is 0. The van der Waals surface area contributed by atoms with Crippen LogP contribution in [0.4, 0.5) is 0 Å². The Hall–Kier alpha value is -1.51. The highest BCUT2D eigenvalue weighted by Gasteiger charge is 2.59. The number of carbonyl (C=O) groups excluding carboxylic acids is 1. The van der Waals surface area contributed by atoms with E-state index in [0.717, 1.165) is 18.6 Å². The Bertz CT molecular complexity index is 689. The van der Waals surface area contributed by atoms with Crippen LogP contribution in [0.2, 0.25) is 0 Å². The van der Waals surface area contributed by atoms with E-state index in [-0.39, 0.29) is 28.6 Å². The van der Waals surface area contributed by atoms with E-state index in [1.54, 1.807) is 7.11 Å². The minimum absolute atomic E-state index is 0.00126. The standard InChI is InChI=1S/C22H32O3/c1-13(2)14-11-15-16(12-17(14)24-6)22(5)10-8-9-21(3,4)19(22)18(15)20(23)25-7/h11-13,18-19H,8-10H2,1-7H3/t18-,19+,22-/m1/s1. The van der Waals surface area contributed by atoms with Gasteiger partial charge in [0.25, 0.3) is 0 Å². The van der Waals surface area contributed by atoms with E-state index in [9.17, 15) is 4.79 Å². The molecule has 3 heteroatoms. The third kappa shape index (κ3) is 2.58. The third-order valence-electron chi connectivity index (χ3n) is 6.81. The molecule has 1 aromatic carbocycles. The number of ether oxygens (including phenoxy) is 2. The molecule has 3 rings (SSSR count). The first kappa shape index (κ1) is 18.3. The predicted octanol–water partition coefficient (Wildman–Crippen LogP) is 5.17. The summed E-state index contributed by atoms with van der Waals surface area (Å²) in [5, 5.41) is 0. The summed E-state index contributed by atoms with van der Waals surface area (Å²) in [6.45, 7) is 11.3. The van der Waals surface area contributed by atoms with Gasteiger partial charge in [0.2, 0.25) is 0 Å². The third-order valence-corrected chi connectivity index (χ3v) is 6.81. The Labute approximate surface area is 152 Å². The fourth-order valence-electron chi connectivity index (χ4n) is 5.77. The topological polar surface area (TPSA) is 35.5 Å². The summed E-state index contributed by atoms with van der Waals surface area (Å²) >= 11 is 0. The van der Waals surface area contributed by atoms with Gasteiger partial charge in [-0.2, -0.15) is 0 Å².